The first-order chi connectivity index (χ1) is 8.53. The normalized spacial score (nSPS) is 12.2. The van der Waals surface area contributed by atoms with E-state index in [2.05, 4.69) is 15.4 Å². The standard InChI is InChI=1S/C11H8F3N3S/c12-11(13,14)18-10-5-2-8(3-6-10)1-4-9-7-15-17-16-9/h1-7H,(H,15,16,17). The van der Waals surface area contributed by atoms with Crippen molar-refractivity contribution in [2.45, 2.75) is 10.4 Å². The Morgan fingerprint density at radius 3 is 2.39 bits per heavy atom. The predicted molar refractivity (Wildman–Crippen MR) is 63.7 cm³/mol. The van der Waals surface area contributed by atoms with Crippen LogP contribution in [0.15, 0.2) is 35.4 Å². The maximum Gasteiger partial charge on any atom is 0.446 e. The summed E-state index contributed by atoms with van der Waals surface area (Å²) in [6.07, 6.45) is 5.01. The molecule has 0 aliphatic heterocycles. The second-order valence-corrected chi connectivity index (χ2v) is 4.48. The lowest BCUT2D eigenvalue weighted by atomic mass is 10.2. The molecule has 0 fully saturated rings. The number of halogens is 3. The molecule has 1 heterocycles. The fourth-order valence-electron chi connectivity index (χ4n) is 1.25. The number of H-pyrrole nitrogens is 1. The lowest BCUT2D eigenvalue weighted by molar-refractivity contribution is -0.0328. The second-order valence-electron chi connectivity index (χ2n) is 3.35. The highest BCUT2D eigenvalue weighted by Crippen LogP contribution is 2.36. The number of hydrogen-bond donors (Lipinski definition) is 1. The van der Waals surface area contributed by atoms with E-state index >= 15 is 0 Å². The van der Waals surface area contributed by atoms with Crippen LogP contribution in [0.25, 0.3) is 12.2 Å². The number of aromatic amines is 1. The Labute approximate surface area is 105 Å². The van der Waals surface area contributed by atoms with Crippen LogP contribution in [-0.2, 0) is 0 Å². The zero-order chi connectivity index (χ0) is 13.0. The molecule has 0 radical (unpaired) electrons. The summed E-state index contributed by atoms with van der Waals surface area (Å²) in [7, 11) is 0. The Morgan fingerprint density at radius 2 is 1.83 bits per heavy atom. The number of alkyl halides is 3. The van der Waals surface area contributed by atoms with Gasteiger partial charge in [0.15, 0.2) is 0 Å². The molecule has 0 saturated carbocycles. The van der Waals surface area contributed by atoms with Gasteiger partial charge in [0.1, 0.15) is 5.69 Å². The smallest absolute Gasteiger partial charge is 0.197 e. The van der Waals surface area contributed by atoms with Crippen LogP contribution in [0.1, 0.15) is 11.3 Å². The molecule has 3 nitrogen and oxygen atoms in total. The third kappa shape index (κ3) is 3.92. The molecule has 1 N–H and O–H groups in total. The van der Waals surface area contributed by atoms with Crippen LogP contribution in [-0.4, -0.2) is 20.9 Å². The van der Waals surface area contributed by atoms with Crippen LogP contribution in [0.4, 0.5) is 13.2 Å². The molecule has 0 spiro atoms. The van der Waals surface area contributed by atoms with Crippen LogP contribution in [0.5, 0.6) is 0 Å². The van der Waals surface area contributed by atoms with Crippen molar-refractivity contribution < 1.29 is 13.2 Å². The molecule has 0 unspecified atom stereocenters. The summed E-state index contributed by atoms with van der Waals surface area (Å²) >= 11 is -0.126. The molecule has 94 valence electrons. The molecule has 2 rings (SSSR count). The third-order valence-corrected chi connectivity index (χ3v) is 2.73. The van der Waals surface area contributed by atoms with Gasteiger partial charge in [-0.2, -0.15) is 28.6 Å². The van der Waals surface area contributed by atoms with Crippen molar-refractivity contribution >= 4 is 23.9 Å². The maximum atomic E-state index is 12.1. The van der Waals surface area contributed by atoms with E-state index in [-0.39, 0.29) is 16.7 Å². The van der Waals surface area contributed by atoms with Crippen LogP contribution in [0.3, 0.4) is 0 Å². The van der Waals surface area contributed by atoms with Gasteiger partial charge in [-0.05, 0) is 35.5 Å². The van der Waals surface area contributed by atoms with E-state index in [1.807, 2.05) is 0 Å². The molecule has 0 saturated heterocycles. The van der Waals surface area contributed by atoms with E-state index in [9.17, 15) is 13.2 Å². The minimum Gasteiger partial charge on any atom is -0.197 e. The van der Waals surface area contributed by atoms with Gasteiger partial charge in [-0.1, -0.05) is 18.2 Å². The largest absolute Gasteiger partial charge is 0.446 e. The average molecular weight is 271 g/mol. The summed E-state index contributed by atoms with van der Waals surface area (Å²) in [6.45, 7) is 0. The molecule has 0 aliphatic rings. The van der Waals surface area contributed by atoms with Gasteiger partial charge in [-0.15, -0.1) is 0 Å². The van der Waals surface area contributed by atoms with Gasteiger partial charge >= 0.3 is 5.51 Å². The lowest BCUT2D eigenvalue weighted by Crippen LogP contribution is -1.98. The van der Waals surface area contributed by atoms with Crippen molar-refractivity contribution in [2.75, 3.05) is 0 Å². The highest BCUT2D eigenvalue weighted by Gasteiger charge is 2.28. The number of hydrogen-bond acceptors (Lipinski definition) is 3. The predicted octanol–water partition coefficient (Wildman–Crippen LogP) is 3.59. The summed E-state index contributed by atoms with van der Waals surface area (Å²) in [4.78, 5) is 0.168. The van der Waals surface area contributed by atoms with Gasteiger partial charge in [-0.3, -0.25) is 0 Å². The van der Waals surface area contributed by atoms with Crippen molar-refractivity contribution in [3.63, 3.8) is 0 Å². The first-order valence-corrected chi connectivity index (χ1v) is 5.74. The summed E-state index contributed by atoms with van der Waals surface area (Å²) in [5.74, 6) is 0. The minimum absolute atomic E-state index is 0.126. The first kappa shape index (κ1) is 12.7. The van der Waals surface area contributed by atoms with Crippen molar-refractivity contribution in [3.8, 4) is 0 Å². The molecule has 1 aromatic carbocycles. The number of benzene rings is 1. The van der Waals surface area contributed by atoms with Gasteiger partial charge in [0.2, 0.25) is 0 Å². The van der Waals surface area contributed by atoms with E-state index in [4.69, 9.17) is 0 Å². The van der Waals surface area contributed by atoms with Crippen molar-refractivity contribution in [1.82, 2.24) is 15.4 Å². The Balaban J connectivity index is 2.04. The number of nitrogens with one attached hydrogen (secondary N) is 1. The fraction of sp³-hybridized carbons (Fsp3) is 0.0909. The number of nitrogens with zero attached hydrogens (tertiary/aromatic N) is 2. The molecule has 0 amide bonds. The first-order valence-electron chi connectivity index (χ1n) is 4.92. The van der Waals surface area contributed by atoms with Gasteiger partial charge in [0.05, 0.1) is 6.20 Å². The zero-order valence-corrected chi connectivity index (χ0v) is 9.79. The number of rotatable bonds is 3. The molecule has 0 aliphatic carbocycles. The van der Waals surface area contributed by atoms with Crippen molar-refractivity contribution in [3.05, 3.63) is 41.7 Å². The summed E-state index contributed by atoms with van der Waals surface area (Å²) < 4.78 is 36.3. The van der Waals surface area contributed by atoms with Crippen LogP contribution in [0.2, 0.25) is 0 Å². The SMILES string of the molecule is FC(F)(F)Sc1ccc(C=Cc2cn[nH]n2)cc1. The monoisotopic (exact) mass is 271 g/mol. The van der Waals surface area contributed by atoms with Crippen molar-refractivity contribution in [1.29, 1.82) is 0 Å². The molecule has 0 atom stereocenters. The van der Waals surface area contributed by atoms with Gasteiger partial charge < -0.3 is 0 Å². The molecule has 7 heteroatoms. The Morgan fingerprint density at radius 1 is 1.11 bits per heavy atom. The summed E-state index contributed by atoms with van der Waals surface area (Å²) in [5.41, 5.74) is -2.80. The molecule has 1 aromatic heterocycles. The Bertz CT molecular complexity index is 517. The van der Waals surface area contributed by atoms with E-state index in [1.54, 1.807) is 30.5 Å². The maximum absolute atomic E-state index is 12.1. The molecular weight excluding hydrogens is 263 g/mol. The highest BCUT2D eigenvalue weighted by atomic mass is 32.2. The third-order valence-electron chi connectivity index (χ3n) is 1.99. The van der Waals surface area contributed by atoms with Gasteiger partial charge in [0.25, 0.3) is 0 Å². The van der Waals surface area contributed by atoms with Crippen molar-refractivity contribution in [2.24, 2.45) is 0 Å². The van der Waals surface area contributed by atoms with Gasteiger partial charge in [-0.25, -0.2) is 0 Å². The van der Waals surface area contributed by atoms with E-state index in [0.717, 1.165) is 5.56 Å². The fourth-order valence-corrected chi connectivity index (χ4v) is 1.79. The highest BCUT2D eigenvalue weighted by molar-refractivity contribution is 8.00. The molecule has 0 bridgehead atoms. The summed E-state index contributed by atoms with van der Waals surface area (Å²) in [5, 5.41) is 9.92. The Kier molecular flexibility index (Phi) is 3.71. The van der Waals surface area contributed by atoms with Crippen LogP contribution in [0, 0.1) is 0 Å². The van der Waals surface area contributed by atoms with Crippen LogP contribution < -0.4 is 0 Å². The molecule has 18 heavy (non-hydrogen) atoms. The zero-order valence-electron chi connectivity index (χ0n) is 8.98. The molecular formula is C11H8F3N3S. The topological polar surface area (TPSA) is 41.6 Å². The van der Waals surface area contributed by atoms with E-state index in [1.165, 1.54) is 12.1 Å². The van der Waals surface area contributed by atoms with Crippen LogP contribution >= 0.6 is 11.8 Å². The number of aromatic nitrogens is 3. The minimum atomic E-state index is -4.25. The summed E-state index contributed by atoms with van der Waals surface area (Å²) in [6, 6.07) is 6.09. The lowest BCUT2D eigenvalue weighted by Gasteiger charge is -2.05. The average Bonchev–Trinajstić information content (AvgIpc) is 2.79. The van der Waals surface area contributed by atoms with Gasteiger partial charge in [0, 0.05) is 4.90 Å². The quantitative estimate of drug-likeness (QED) is 0.867. The van der Waals surface area contributed by atoms with E-state index < -0.39 is 5.51 Å². The molecule has 2 aromatic rings. The second kappa shape index (κ2) is 5.26. The van der Waals surface area contributed by atoms with E-state index in [0.29, 0.717) is 5.69 Å². The Hall–Kier alpha value is -1.76. The number of thioether (sulfide) groups is 1.